The first-order valence-electron chi connectivity index (χ1n) is 13.1. The van der Waals surface area contributed by atoms with E-state index in [4.69, 9.17) is 14.5 Å². The fourth-order valence-electron chi connectivity index (χ4n) is 4.59. The average Bonchev–Trinajstić information content (AvgIpc) is 3.34. The zero-order valence-corrected chi connectivity index (χ0v) is 22.9. The lowest BCUT2D eigenvalue weighted by atomic mass is 10.0. The predicted molar refractivity (Wildman–Crippen MR) is 156 cm³/mol. The summed E-state index contributed by atoms with van der Waals surface area (Å²) in [4.78, 5) is 31.6. The van der Waals surface area contributed by atoms with E-state index in [-0.39, 0.29) is 11.7 Å². The smallest absolute Gasteiger partial charge is 0.341 e. The van der Waals surface area contributed by atoms with Gasteiger partial charge in [0.15, 0.2) is 0 Å². The minimum atomic E-state index is -0.424. The van der Waals surface area contributed by atoms with Crippen molar-refractivity contribution in [3.05, 3.63) is 122 Å². The van der Waals surface area contributed by atoms with Crippen LogP contribution in [0.3, 0.4) is 0 Å². The number of hydrogen-bond donors (Lipinski definition) is 0. The fourth-order valence-corrected chi connectivity index (χ4v) is 5.81. The molecule has 1 aliphatic heterocycles. The maximum Gasteiger partial charge on any atom is 0.341 e. The lowest BCUT2D eigenvalue weighted by Gasteiger charge is -2.27. The molecule has 1 aliphatic rings. The van der Waals surface area contributed by atoms with Crippen molar-refractivity contribution in [2.75, 3.05) is 13.2 Å². The third-order valence-electron chi connectivity index (χ3n) is 6.61. The van der Waals surface area contributed by atoms with E-state index in [0.29, 0.717) is 29.5 Å². The van der Waals surface area contributed by atoms with Gasteiger partial charge in [-0.2, -0.15) is 0 Å². The summed E-state index contributed by atoms with van der Waals surface area (Å²) in [5.74, 6) is 0.353. The van der Waals surface area contributed by atoms with Crippen LogP contribution < -0.4 is 4.74 Å². The Balaban J connectivity index is 1.27. The van der Waals surface area contributed by atoms with Gasteiger partial charge in [-0.05, 0) is 72.0 Å². The van der Waals surface area contributed by atoms with E-state index in [2.05, 4.69) is 29.2 Å². The molecule has 0 radical (unpaired) electrons. The van der Waals surface area contributed by atoms with Gasteiger partial charge in [0.1, 0.15) is 17.4 Å². The molecule has 1 aromatic heterocycles. The molecule has 0 aliphatic carbocycles. The van der Waals surface area contributed by atoms with E-state index in [0.717, 1.165) is 47.6 Å². The zero-order valence-electron chi connectivity index (χ0n) is 22.1. The topological polar surface area (TPSA) is 94.3 Å². The van der Waals surface area contributed by atoms with Gasteiger partial charge in [-0.25, -0.2) is 9.79 Å². The summed E-state index contributed by atoms with van der Waals surface area (Å²) in [6, 6.07) is 24.2. The Morgan fingerprint density at radius 2 is 1.80 bits per heavy atom. The van der Waals surface area contributed by atoms with Crippen molar-refractivity contribution in [3.8, 4) is 5.75 Å². The van der Waals surface area contributed by atoms with Crippen LogP contribution in [0.4, 0.5) is 10.7 Å². The molecule has 9 heteroatoms. The molecule has 0 amide bonds. The largest absolute Gasteiger partial charge is 0.489 e. The first-order chi connectivity index (χ1) is 19.5. The van der Waals surface area contributed by atoms with Crippen LogP contribution in [0.1, 0.15) is 44.4 Å². The Hall–Kier alpha value is -4.34. The molecule has 0 unspecified atom stereocenters. The monoisotopic (exact) mass is 555 g/mol. The second-order valence-corrected chi connectivity index (χ2v) is 10.5. The minimum absolute atomic E-state index is 0.0506. The Morgan fingerprint density at radius 1 is 1.05 bits per heavy atom. The second-order valence-electron chi connectivity index (χ2n) is 9.39. The summed E-state index contributed by atoms with van der Waals surface area (Å²) in [7, 11) is 0. The number of nitro groups is 1. The van der Waals surface area contributed by atoms with E-state index >= 15 is 0 Å². The number of rotatable bonds is 10. The van der Waals surface area contributed by atoms with E-state index < -0.39 is 4.92 Å². The average molecular weight is 556 g/mol. The second kappa shape index (κ2) is 12.7. The van der Waals surface area contributed by atoms with E-state index in [1.165, 1.54) is 17.7 Å². The molecule has 4 aromatic rings. The van der Waals surface area contributed by atoms with Gasteiger partial charge in [-0.3, -0.25) is 15.0 Å². The number of carbonyl (C=O) groups excluding carboxylic acids is 1. The molecule has 0 atom stereocenters. The molecule has 0 bridgehead atoms. The van der Waals surface area contributed by atoms with Gasteiger partial charge in [0, 0.05) is 42.9 Å². The first kappa shape index (κ1) is 27.2. The lowest BCUT2D eigenvalue weighted by Crippen LogP contribution is -2.29. The van der Waals surface area contributed by atoms with Crippen LogP contribution in [0, 0.1) is 10.1 Å². The highest BCUT2D eigenvalue weighted by atomic mass is 32.1. The van der Waals surface area contributed by atoms with Gasteiger partial charge in [-0.1, -0.05) is 30.3 Å². The number of ether oxygens (including phenoxy) is 2. The van der Waals surface area contributed by atoms with E-state index in [9.17, 15) is 14.9 Å². The number of thiophene rings is 1. The minimum Gasteiger partial charge on any atom is -0.489 e. The molecule has 8 nitrogen and oxygen atoms in total. The standard InChI is InChI=1S/C31H29N3O5S/c1-2-38-31(35)29-27-16-17-33(19-23-6-4-3-5-7-23)20-28(27)40-30(29)32-18-22-10-14-26(15-11-22)39-21-24-8-12-25(13-9-24)34(36)37/h3-15,18H,2,16-17,19-21H2,1H3. The van der Waals surface area contributed by atoms with Gasteiger partial charge in [0.25, 0.3) is 5.69 Å². The summed E-state index contributed by atoms with van der Waals surface area (Å²) in [5, 5.41) is 11.5. The highest BCUT2D eigenvalue weighted by Gasteiger charge is 2.28. The summed E-state index contributed by atoms with van der Waals surface area (Å²) < 4.78 is 11.2. The number of non-ortho nitro benzene ring substituents is 1. The van der Waals surface area contributed by atoms with Crippen LogP contribution in [-0.4, -0.2) is 35.2 Å². The molecular formula is C31H29N3O5S. The van der Waals surface area contributed by atoms with Gasteiger partial charge < -0.3 is 9.47 Å². The van der Waals surface area contributed by atoms with Crippen LogP contribution in [-0.2, 0) is 30.9 Å². The van der Waals surface area contributed by atoms with Crippen LogP contribution in [0.25, 0.3) is 0 Å². The van der Waals surface area contributed by atoms with Crippen molar-refractivity contribution < 1.29 is 19.2 Å². The SMILES string of the molecule is CCOC(=O)c1c(N=Cc2ccc(OCc3ccc([N+](=O)[O-])cc3)cc2)sc2c1CCN(Cc1ccccc1)C2. The maximum atomic E-state index is 12.9. The van der Waals surface area contributed by atoms with Crippen LogP contribution in [0.2, 0.25) is 0 Å². The van der Waals surface area contributed by atoms with Crippen molar-refractivity contribution in [3.63, 3.8) is 0 Å². The van der Waals surface area contributed by atoms with Gasteiger partial charge in [0.2, 0.25) is 0 Å². The molecule has 2 heterocycles. The van der Waals surface area contributed by atoms with Gasteiger partial charge in [0.05, 0.1) is 17.1 Å². The Morgan fingerprint density at radius 3 is 2.50 bits per heavy atom. The Bertz CT molecular complexity index is 1500. The van der Waals surface area contributed by atoms with E-state index in [1.807, 2.05) is 37.3 Å². The summed E-state index contributed by atoms with van der Waals surface area (Å²) in [5.41, 5.74) is 4.66. The lowest BCUT2D eigenvalue weighted by molar-refractivity contribution is -0.384. The van der Waals surface area contributed by atoms with E-state index in [1.54, 1.807) is 29.7 Å². The quantitative estimate of drug-likeness (QED) is 0.0933. The first-order valence-corrected chi connectivity index (χ1v) is 13.9. The predicted octanol–water partition coefficient (Wildman–Crippen LogP) is 6.72. The van der Waals surface area contributed by atoms with Gasteiger partial charge >= 0.3 is 5.97 Å². The third-order valence-corrected chi connectivity index (χ3v) is 7.73. The molecule has 0 N–H and O–H groups in total. The van der Waals surface area contributed by atoms with Crippen molar-refractivity contribution in [1.29, 1.82) is 0 Å². The number of aliphatic imine (C=N–C) groups is 1. The summed E-state index contributed by atoms with van der Waals surface area (Å²) >= 11 is 1.55. The maximum absolute atomic E-state index is 12.9. The number of carbonyl (C=O) groups is 1. The number of nitro benzene ring substituents is 1. The van der Waals surface area contributed by atoms with Crippen LogP contribution >= 0.6 is 11.3 Å². The van der Waals surface area contributed by atoms with Crippen molar-refractivity contribution in [1.82, 2.24) is 4.90 Å². The molecule has 3 aromatic carbocycles. The number of esters is 1. The zero-order chi connectivity index (χ0) is 27.9. The molecule has 40 heavy (non-hydrogen) atoms. The molecular weight excluding hydrogens is 526 g/mol. The molecule has 0 saturated carbocycles. The molecule has 0 spiro atoms. The number of benzene rings is 3. The molecule has 0 fully saturated rings. The van der Waals surface area contributed by atoms with Gasteiger partial charge in [-0.15, -0.1) is 11.3 Å². The van der Waals surface area contributed by atoms with Crippen molar-refractivity contribution in [2.24, 2.45) is 4.99 Å². The van der Waals surface area contributed by atoms with Crippen LogP contribution in [0.5, 0.6) is 5.75 Å². The number of fused-ring (bicyclic) bond motifs is 1. The fraction of sp³-hybridized carbons (Fsp3) is 0.226. The summed E-state index contributed by atoms with van der Waals surface area (Å²) in [6.07, 6.45) is 2.53. The molecule has 204 valence electrons. The Labute approximate surface area is 236 Å². The normalized spacial score (nSPS) is 13.2. The number of nitrogens with zero attached hydrogens (tertiary/aromatic N) is 3. The van der Waals surface area contributed by atoms with Crippen molar-refractivity contribution in [2.45, 2.75) is 33.0 Å². The van der Waals surface area contributed by atoms with Crippen molar-refractivity contribution >= 4 is 34.2 Å². The highest BCUT2D eigenvalue weighted by molar-refractivity contribution is 7.16. The number of hydrogen-bond acceptors (Lipinski definition) is 8. The highest BCUT2D eigenvalue weighted by Crippen LogP contribution is 2.39. The Kier molecular flexibility index (Phi) is 8.63. The molecule has 0 saturated heterocycles. The van der Waals surface area contributed by atoms with Crippen LogP contribution in [0.15, 0.2) is 83.9 Å². The summed E-state index contributed by atoms with van der Waals surface area (Å²) in [6.45, 7) is 4.94. The third kappa shape index (κ3) is 6.62. The molecule has 5 rings (SSSR count).